The number of allylic oxidation sites excluding steroid dienone is 1. The molecule has 90 valence electrons. The Morgan fingerprint density at radius 1 is 1.56 bits per heavy atom. The number of hydrogen-bond donors (Lipinski definition) is 0. The predicted molar refractivity (Wildman–Crippen MR) is 60.1 cm³/mol. The van der Waals surface area contributed by atoms with Crippen LogP contribution in [-0.4, -0.2) is 24.1 Å². The minimum Gasteiger partial charge on any atom is -0.465 e. The zero-order valence-electron chi connectivity index (χ0n) is 9.12. The first-order valence-corrected chi connectivity index (χ1v) is 6.14. The van der Waals surface area contributed by atoms with E-state index in [1.165, 1.54) is 0 Å². The predicted octanol–water partition coefficient (Wildman–Crippen LogP) is 2.85. The van der Waals surface area contributed by atoms with E-state index in [2.05, 4.69) is 6.58 Å². The van der Waals surface area contributed by atoms with E-state index in [1.807, 2.05) is 0 Å². The van der Waals surface area contributed by atoms with Crippen LogP contribution in [0.15, 0.2) is 12.2 Å². The van der Waals surface area contributed by atoms with E-state index < -0.39 is 17.5 Å². The minimum atomic E-state index is -1.07. The summed E-state index contributed by atoms with van der Waals surface area (Å²) in [5.74, 6) is -0.168. The van der Waals surface area contributed by atoms with Crippen LogP contribution in [0, 0.1) is 11.8 Å². The Kier molecular flexibility index (Phi) is 3.53. The molecule has 0 spiro atoms. The normalized spacial score (nSPS) is 34.9. The number of carbonyl (C=O) groups is 1. The third-order valence-electron chi connectivity index (χ3n) is 3.25. The maximum absolute atomic E-state index is 13.3. The molecule has 0 aliphatic heterocycles. The molecular formula is C12H16ClFO2. The third-order valence-corrected chi connectivity index (χ3v) is 3.74. The van der Waals surface area contributed by atoms with E-state index in [0.29, 0.717) is 24.5 Å². The molecule has 2 aliphatic rings. The van der Waals surface area contributed by atoms with Crippen LogP contribution in [0.25, 0.3) is 0 Å². The monoisotopic (exact) mass is 246 g/mol. The Balaban J connectivity index is 1.86. The summed E-state index contributed by atoms with van der Waals surface area (Å²) in [5, 5.41) is -0.466. The van der Waals surface area contributed by atoms with Gasteiger partial charge in [0.25, 0.3) is 0 Å². The molecule has 0 aromatic rings. The standard InChI is InChI=1S/C12H16ClFO2/c1-7-4-9(10(13)5-11(7)14)12(15)16-6-8-2-3-8/h8-11H,1-6H2. The van der Waals surface area contributed by atoms with Gasteiger partial charge in [0, 0.05) is 0 Å². The maximum Gasteiger partial charge on any atom is 0.310 e. The van der Waals surface area contributed by atoms with Crippen LogP contribution in [0.3, 0.4) is 0 Å². The van der Waals surface area contributed by atoms with Crippen molar-refractivity contribution in [1.29, 1.82) is 0 Å². The largest absolute Gasteiger partial charge is 0.465 e. The van der Waals surface area contributed by atoms with Gasteiger partial charge in [-0.05, 0) is 37.2 Å². The summed E-state index contributed by atoms with van der Waals surface area (Å²) in [7, 11) is 0. The second kappa shape index (κ2) is 4.74. The average Bonchev–Trinajstić information content (AvgIpc) is 3.03. The number of ether oxygens (including phenoxy) is 1. The first kappa shape index (κ1) is 11.9. The van der Waals surface area contributed by atoms with Crippen molar-refractivity contribution in [3.8, 4) is 0 Å². The zero-order chi connectivity index (χ0) is 11.7. The fourth-order valence-corrected chi connectivity index (χ4v) is 2.24. The fraction of sp³-hybridized carbons (Fsp3) is 0.750. The molecule has 0 saturated heterocycles. The van der Waals surface area contributed by atoms with Crippen LogP contribution < -0.4 is 0 Å². The molecule has 2 nitrogen and oxygen atoms in total. The number of hydrogen-bond acceptors (Lipinski definition) is 2. The van der Waals surface area contributed by atoms with Crippen LogP contribution in [0.1, 0.15) is 25.7 Å². The first-order valence-electron chi connectivity index (χ1n) is 5.70. The lowest BCUT2D eigenvalue weighted by atomic mass is 9.84. The van der Waals surface area contributed by atoms with Gasteiger partial charge in [0.15, 0.2) is 0 Å². The lowest BCUT2D eigenvalue weighted by molar-refractivity contribution is -0.149. The smallest absolute Gasteiger partial charge is 0.310 e. The molecule has 4 heteroatoms. The molecule has 16 heavy (non-hydrogen) atoms. The highest BCUT2D eigenvalue weighted by Gasteiger charge is 2.37. The molecule has 2 rings (SSSR count). The van der Waals surface area contributed by atoms with E-state index in [1.54, 1.807) is 0 Å². The lowest BCUT2D eigenvalue weighted by Crippen LogP contribution is -2.34. The second-order valence-electron chi connectivity index (χ2n) is 4.76. The highest BCUT2D eigenvalue weighted by atomic mass is 35.5. The summed E-state index contributed by atoms with van der Waals surface area (Å²) in [5.41, 5.74) is 0.463. The van der Waals surface area contributed by atoms with E-state index in [9.17, 15) is 9.18 Å². The summed E-state index contributed by atoms with van der Waals surface area (Å²) in [6, 6.07) is 0. The van der Waals surface area contributed by atoms with Gasteiger partial charge in [-0.25, -0.2) is 4.39 Å². The summed E-state index contributed by atoms with van der Waals surface area (Å²) in [6.45, 7) is 4.12. The Morgan fingerprint density at radius 2 is 2.25 bits per heavy atom. The molecule has 0 heterocycles. The van der Waals surface area contributed by atoms with Crippen molar-refractivity contribution in [1.82, 2.24) is 0 Å². The molecule has 0 amide bonds. The van der Waals surface area contributed by atoms with Crippen LogP contribution in [0.5, 0.6) is 0 Å². The van der Waals surface area contributed by atoms with Gasteiger partial charge in [-0.15, -0.1) is 11.6 Å². The Morgan fingerprint density at radius 3 is 2.88 bits per heavy atom. The molecule has 0 radical (unpaired) electrons. The molecular weight excluding hydrogens is 231 g/mol. The van der Waals surface area contributed by atoms with Crippen molar-refractivity contribution in [2.75, 3.05) is 6.61 Å². The summed E-state index contributed by atoms with van der Waals surface area (Å²) >= 11 is 5.99. The van der Waals surface area contributed by atoms with E-state index in [-0.39, 0.29) is 12.4 Å². The Bertz CT molecular complexity index is 301. The Labute approximate surface area is 99.8 Å². The fourth-order valence-electron chi connectivity index (χ4n) is 1.89. The molecule has 2 fully saturated rings. The van der Waals surface area contributed by atoms with Gasteiger partial charge >= 0.3 is 5.97 Å². The number of rotatable bonds is 3. The van der Waals surface area contributed by atoms with Gasteiger partial charge in [-0.3, -0.25) is 4.79 Å². The number of carbonyl (C=O) groups excluding carboxylic acids is 1. The molecule has 3 unspecified atom stereocenters. The van der Waals surface area contributed by atoms with Crippen LogP contribution in [0.2, 0.25) is 0 Å². The van der Waals surface area contributed by atoms with Crippen LogP contribution >= 0.6 is 11.6 Å². The maximum atomic E-state index is 13.3. The van der Waals surface area contributed by atoms with Crippen molar-refractivity contribution in [2.45, 2.75) is 37.2 Å². The van der Waals surface area contributed by atoms with Crippen LogP contribution in [-0.2, 0) is 9.53 Å². The highest BCUT2D eigenvalue weighted by Crippen LogP contribution is 2.35. The summed E-state index contributed by atoms with van der Waals surface area (Å²) in [6.07, 6.45) is 1.70. The van der Waals surface area contributed by atoms with Crippen LogP contribution in [0.4, 0.5) is 4.39 Å². The quantitative estimate of drug-likeness (QED) is 0.435. The zero-order valence-corrected chi connectivity index (χ0v) is 9.88. The minimum absolute atomic E-state index is 0.170. The van der Waals surface area contributed by atoms with Gasteiger partial charge in [-0.1, -0.05) is 6.58 Å². The van der Waals surface area contributed by atoms with E-state index in [0.717, 1.165) is 12.8 Å². The third kappa shape index (κ3) is 2.76. The number of halogens is 2. The molecule has 0 aromatic heterocycles. The second-order valence-corrected chi connectivity index (χ2v) is 5.32. The molecule has 0 bridgehead atoms. The highest BCUT2D eigenvalue weighted by molar-refractivity contribution is 6.22. The van der Waals surface area contributed by atoms with Crippen molar-refractivity contribution in [3.05, 3.63) is 12.2 Å². The van der Waals surface area contributed by atoms with Gasteiger partial charge in [-0.2, -0.15) is 0 Å². The van der Waals surface area contributed by atoms with Crippen molar-refractivity contribution >= 4 is 17.6 Å². The van der Waals surface area contributed by atoms with E-state index >= 15 is 0 Å². The SMILES string of the molecule is C=C1CC(C(=O)OCC2CC2)C(Cl)CC1F. The van der Waals surface area contributed by atoms with Crippen molar-refractivity contribution in [2.24, 2.45) is 11.8 Å². The molecule has 0 N–H and O–H groups in total. The van der Waals surface area contributed by atoms with Gasteiger partial charge in [0.2, 0.25) is 0 Å². The number of esters is 1. The summed E-state index contributed by atoms with van der Waals surface area (Å²) in [4.78, 5) is 11.7. The molecule has 2 aliphatic carbocycles. The van der Waals surface area contributed by atoms with Gasteiger partial charge in [0.1, 0.15) is 6.17 Å². The lowest BCUT2D eigenvalue weighted by Gasteiger charge is -2.29. The van der Waals surface area contributed by atoms with Gasteiger partial charge < -0.3 is 4.74 Å². The number of alkyl halides is 2. The average molecular weight is 247 g/mol. The molecule has 3 atom stereocenters. The topological polar surface area (TPSA) is 26.3 Å². The van der Waals surface area contributed by atoms with E-state index in [4.69, 9.17) is 16.3 Å². The summed E-state index contributed by atoms with van der Waals surface area (Å²) < 4.78 is 18.4. The van der Waals surface area contributed by atoms with Gasteiger partial charge in [0.05, 0.1) is 17.9 Å². The van der Waals surface area contributed by atoms with Crippen molar-refractivity contribution < 1.29 is 13.9 Å². The molecule has 2 saturated carbocycles. The Hall–Kier alpha value is -0.570. The van der Waals surface area contributed by atoms with Crippen molar-refractivity contribution in [3.63, 3.8) is 0 Å². The first-order chi connectivity index (χ1) is 7.58. The molecule has 0 aromatic carbocycles.